The topological polar surface area (TPSA) is 59.9 Å². The molecule has 0 spiro atoms. The van der Waals surface area contributed by atoms with E-state index in [1.165, 1.54) is 6.21 Å². The number of nitrogens with zero attached hydrogens (tertiary/aromatic N) is 1. The molecule has 0 saturated heterocycles. The van der Waals surface area contributed by atoms with Crippen molar-refractivity contribution >= 4 is 35.3 Å². The van der Waals surface area contributed by atoms with Crippen molar-refractivity contribution in [1.82, 2.24) is 5.43 Å². The van der Waals surface area contributed by atoms with Crippen LogP contribution in [0.2, 0.25) is 10.0 Å². The maximum Gasteiger partial charge on any atom is 0.277 e. The van der Waals surface area contributed by atoms with E-state index in [-0.39, 0.29) is 11.6 Å². The lowest BCUT2D eigenvalue weighted by Gasteiger charge is -2.07. The predicted molar refractivity (Wildman–Crippen MR) is 99.8 cm³/mol. The second-order valence-electron chi connectivity index (χ2n) is 4.81. The first kappa shape index (κ1) is 18.8. The number of ether oxygens (including phenoxy) is 2. The minimum Gasteiger partial charge on any atom is -0.490 e. The van der Waals surface area contributed by atoms with Crippen molar-refractivity contribution in [1.29, 1.82) is 0 Å². The molecule has 2 aromatic carbocycles. The Morgan fingerprint density at radius 2 is 2.00 bits per heavy atom. The van der Waals surface area contributed by atoms with Crippen molar-refractivity contribution in [2.24, 2.45) is 5.10 Å². The summed E-state index contributed by atoms with van der Waals surface area (Å²) >= 11 is 11.8. The molecule has 0 unspecified atom stereocenters. The van der Waals surface area contributed by atoms with E-state index in [4.69, 9.17) is 32.7 Å². The highest BCUT2D eigenvalue weighted by molar-refractivity contribution is 6.42. The van der Waals surface area contributed by atoms with E-state index < -0.39 is 5.91 Å². The first-order valence-electron chi connectivity index (χ1n) is 7.32. The molecule has 1 N–H and O–H groups in total. The second-order valence-corrected chi connectivity index (χ2v) is 5.59. The molecule has 1 amide bonds. The second kappa shape index (κ2) is 9.71. The van der Waals surface area contributed by atoms with E-state index in [9.17, 15) is 4.79 Å². The van der Waals surface area contributed by atoms with E-state index in [1.807, 2.05) is 18.2 Å². The molecule has 0 bridgehead atoms. The molecular formula is C18H16Cl2N2O3. The highest BCUT2D eigenvalue weighted by Gasteiger charge is 2.07. The fourth-order valence-corrected chi connectivity index (χ4v) is 2.14. The van der Waals surface area contributed by atoms with Gasteiger partial charge in [0.2, 0.25) is 0 Å². The summed E-state index contributed by atoms with van der Waals surface area (Å²) in [6.07, 6.45) is 3.16. The Morgan fingerprint density at radius 1 is 1.20 bits per heavy atom. The van der Waals surface area contributed by atoms with Gasteiger partial charge < -0.3 is 9.47 Å². The van der Waals surface area contributed by atoms with Gasteiger partial charge in [-0.15, -0.1) is 0 Å². The summed E-state index contributed by atoms with van der Waals surface area (Å²) < 4.78 is 10.7. The van der Waals surface area contributed by atoms with Crippen molar-refractivity contribution in [2.45, 2.75) is 0 Å². The first-order valence-corrected chi connectivity index (χ1v) is 8.08. The highest BCUT2D eigenvalue weighted by atomic mass is 35.5. The van der Waals surface area contributed by atoms with Crippen LogP contribution in [-0.4, -0.2) is 25.3 Å². The Balaban J connectivity index is 1.84. The zero-order valence-corrected chi connectivity index (χ0v) is 14.8. The van der Waals surface area contributed by atoms with Crippen LogP contribution in [0.25, 0.3) is 0 Å². The molecule has 5 nitrogen and oxygen atoms in total. The quantitative estimate of drug-likeness (QED) is 0.427. The number of halogens is 2. The van der Waals surface area contributed by atoms with Gasteiger partial charge in [-0.25, -0.2) is 5.43 Å². The first-order chi connectivity index (χ1) is 12.1. The molecule has 0 aliphatic rings. The number of carbonyl (C=O) groups excluding carboxylic acids is 1. The minimum atomic E-state index is -0.425. The zero-order chi connectivity index (χ0) is 18.1. The molecule has 0 aliphatic heterocycles. The fraction of sp³-hybridized carbons (Fsp3) is 0.111. The van der Waals surface area contributed by atoms with Crippen LogP contribution in [0.15, 0.2) is 60.2 Å². The predicted octanol–water partition coefficient (Wildman–Crippen LogP) is 4.09. The summed E-state index contributed by atoms with van der Waals surface area (Å²) in [4.78, 5) is 11.7. The fourth-order valence-electron chi connectivity index (χ4n) is 1.79. The molecule has 130 valence electrons. The van der Waals surface area contributed by atoms with Crippen LogP contribution in [0.1, 0.15) is 5.56 Å². The lowest BCUT2D eigenvalue weighted by atomic mass is 10.2. The molecular weight excluding hydrogens is 363 g/mol. The van der Waals surface area contributed by atoms with Gasteiger partial charge in [0.25, 0.3) is 5.91 Å². The van der Waals surface area contributed by atoms with E-state index in [0.29, 0.717) is 23.1 Å². The summed E-state index contributed by atoms with van der Waals surface area (Å²) in [6, 6.07) is 12.2. The summed E-state index contributed by atoms with van der Waals surface area (Å²) in [7, 11) is 0. The number of carbonyl (C=O) groups is 1. The third-order valence-corrected chi connectivity index (χ3v) is 3.71. The largest absolute Gasteiger partial charge is 0.490 e. The van der Waals surface area contributed by atoms with Gasteiger partial charge >= 0.3 is 0 Å². The third kappa shape index (κ3) is 6.14. The van der Waals surface area contributed by atoms with Crippen LogP contribution < -0.4 is 14.9 Å². The number of rotatable bonds is 8. The molecule has 2 aromatic rings. The lowest BCUT2D eigenvalue weighted by Crippen LogP contribution is -2.24. The highest BCUT2D eigenvalue weighted by Crippen LogP contribution is 2.31. The average Bonchev–Trinajstić information content (AvgIpc) is 2.61. The number of hydrogen-bond acceptors (Lipinski definition) is 4. The standard InChI is InChI=1S/C18H16Cl2N2O3/c1-2-9-24-14-6-3-5-13(10-14)11-21-22-17(23)12-25-16-8-4-7-15(19)18(16)20/h2-8,10-11H,1,9,12H2,(H,22,23). The minimum absolute atomic E-state index is 0.236. The van der Waals surface area contributed by atoms with Crippen molar-refractivity contribution in [3.8, 4) is 11.5 Å². The molecule has 0 radical (unpaired) electrons. The van der Waals surface area contributed by atoms with Crippen molar-refractivity contribution in [2.75, 3.05) is 13.2 Å². The number of benzene rings is 2. The Hall–Kier alpha value is -2.50. The van der Waals surface area contributed by atoms with Crippen LogP contribution in [0.3, 0.4) is 0 Å². The Labute approximate surface area is 155 Å². The summed E-state index contributed by atoms with van der Waals surface area (Å²) in [5.74, 6) is 0.598. The Kier molecular flexibility index (Phi) is 7.32. The van der Waals surface area contributed by atoms with E-state index in [2.05, 4.69) is 17.1 Å². The summed E-state index contributed by atoms with van der Waals surface area (Å²) in [5.41, 5.74) is 3.15. The molecule has 0 heterocycles. The van der Waals surface area contributed by atoms with Crippen molar-refractivity contribution in [3.05, 3.63) is 70.7 Å². The number of hydrogen-bond donors (Lipinski definition) is 1. The van der Waals surface area contributed by atoms with Gasteiger partial charge in [-0.3, -0.25) is 4.79 Å². The third-order valence-electron chi connectivity index (χ3n) is 2.90. The average molecular weight is 379 g/mol. The molecule has 25 heavy (non-hydrogen) atoms. The van der Waals surface area contributed by atoms with Gasteiger partial charge in [0, 0.05) is 0 Å². The molecule has 2 rings (SSSR count). The molecule has 0 saturated carbocycles. The van der Waals surface area contributed by atoms with E-state index in [0.717, 1.165) is 5.56 Å². The summed E-state index contributed by atoms with van der Waals surface area (Å²) in [6.45, 7) is 3.77. The molecule has 0 atom stereocenters. The summed E-state index contributed by atoms with van der Waals surface area (Å²) in [5, 5.41) is 4.49. The van der Waals surface area contributed by atoms with Crippen molar-refractivity contribution in [3.63, 3.8) is 0 Å². The lowest BCUT2D eigenvalue weighted by molar-refractivity contribution is -0.123. The number of hydrazone groups is 1. The van der Waals surface area contributed by atoms with E-state index >= 15 is 0 Å². The van der Waals surface area contributed by atoms with E-state index in [1.54, 1.807) is 30.3 Å². The number of nitrogens with one attached hydrogen (secondary N) is 1. The van der Waals surface area contributed by atoms with Crippen LogP contribution in [0, 0.1) is 0 Å². The van der Waals surface area contributed by atoms with Gasteiger partial charge in [0.1, 0.15) is 23.1 Å². The van der Waals surface area contributed by atoms with Crippen molar-refractivity contribution < 1.29 is 14.3 Å². The molecule has 7 heteroatoms. The number of amides is 1. The van der Waals surface area contributed by atoms with Crippen LogP contribution in [0.5, 0.6) is 11.5 Å². The molecule has 0 aromatic heterocycles. The van der Waals surface area contributed by atoms with Crippen LogP contribution >= 0.6 is 23.2 Å². The van der Waals surface area contributed by atoms with Gasteiger partial charge in [-0.1, -0.05) is 54.1 Å². The van der Waals surface area contributed by atoms with Gasteiger partial charge in [-0.05, 0) is 29.8 Å². The maximum atomic E-state index is 11.7. The Morgan fingerprint density at radius 3 is 2.80 bits per heavy atom. The van der Waals surface area contributed by atoms with Gasteiger partial charge in [0.15, 0.2) is 6.61 Å². The Bertz CT molecular complexity index is 779. The maximum absolute atomic E-state index is 11.7. The van der Waals surface area contributed by atoms with Gasteiger partial charge in [-0.2, -0.15) is 5.10 Å². The zero-order valence-electron chi connectivity index (χ0n) is 13.2. The van der Waals surface area contributed by atoms with Crippen LogP contribution in [0.4, 0.5) is 0 Å². The normalized spacial score (nSPS) is 10.5. The monoisotopic (exact) mass is 378 g/mol. The van der Waals surface area contributed by atoms with Crippen LogP contribution in [-0.2, 0) is 4.79 Å². The molecule has 0 fully saturated rings. The van der Waals surface area contributed by atoms with Gasteiger partial charge in [0.05, 0.1) is 11.2 Å². The smallest absolute Gasteiger partial charge is 0.277 e. The molecule has 0 aliphatic carbocycles. The SMILES string of the molecule is C=CCOc1cccc(C=NNC(=O)COc2cccc(Cl)c2Cl)c1.